The molecule has 47 heavy (non-hydrogen) atoms. The van der Waals surface area contributed by atoms with Crippen molar-refractivity contribution in [3.8, 4) is 0 Å². The third kappa shape index (κ3) is 12.1. The van der Waals surface area contributed by atoms with Crippen LogP contribution in [0.3, 0.4) is 0 Å². The predicted molar refractivity (Wildman–Crippen MR) is 149 cm³/mol. The Bertz CT molecular complexity index is 1210. The largest absolute Gasteiger partial charge is 0.463 e. The van der Waals surface area contributed by atoms with Crippen LogP contribution in [0.25, 0.3) is 0 Å². The number of nitrogens with one attached hydrogen (secondary N) is 2. The molecule has 2 rings (SSSR count). The first-order valence-electron chi connectivity index (χ1n) is 14.4. The van der Waals surface area contributed by atoms with Crippen molar-refractivity contribution in [3.05, 3.63) is 0 Å². The fourth-order valence-corrected chi connectivity index (χ4v) is 4.95. The monoisotopic (exact) mass is 676 g/mol. The fourth-order valence-electron chi connectivity index (χ4n) is 4.95. The molecule has 0 bridgehead atoms. The van der Waals surface area contributed by atoms with E-state index in [1.54, 1.807) is 0 Å². The van der Waals surface area contributed by atoms with Gasteiger partial charge in [-0.25, -0.2) is 0 Å². The lowest BCUT2D eigenvalue weighted by Gasteiger charge is -2.49. The zero-order chi connectivity index (χ0) is 35.6. The van der Waals surface area contributed by atoms with Gasteiger partial charge in [0.25, 0.3) is 0 Å². The van der Waals surface area contributed by atoms with E-state index < -0.39 is 122 Å². The summed E-state index contributed by atoms with van der Waals surface area (Å²) in [4.78, 5) is 96.7. The van der Waals surface area contributed by atoms with Crippen molar-refractivity contribution >= 4 is 47.6 Å². The normalized spacial score (nSPS) is 30.0. The maximum atomic E-state index is 12.4. The van der Waals surface area contributed by atoms with E-state index in [0.29, 0.717) is 0 Å². The molecule has 19 nitrogen and oxygen atoms in total. The first-order chi connectivity index (χ1) is 21.9. The zero-order valence-electron chi connectivity index (χ0n) is 27.1. The van der Waals surface area contributed by atoms with Crippen molar-refractivity contribution in [2.75, 3.05) is 13.2 Å². The van der Waals surface area contributed by atoms with Gasteiger partial charge in [0.1, 0.15) is 43.6 Å². The van der Waals surface area contributed by atoms with Gasteiger partial charge < -0.3 is 53.3 Å². The average molecular weight is 677 g/mol. The molecule has 0 radical (unpaired) electrons. The second kappa shape index (κ2) is 17.5. The molecular weight excluding hydrogens is 636 g/mol. The van der Waals surface area contributed by atoms with Crippen LogP contribution < -0.4 is 10.6 Å². The molecule has 0 spiro atoms. The molecule has 19 heteroatoms. The van der Waals surface area contributed by atoms with E-state index in [2.05, 4.69) is 10.6 Å². The van der Waals surface area contributed by atoms with Crippen molar-refractivity contribution in [2.24, 2.45) is 0 Å². The van der Waals surface area contributed by atoms with Gasteiger partial charge >= 0.3 is 35.8 Å². The second-order valence-electron chi connectivity index (χ2n) is 10.6. The molecule has 264 valence electrons. The van der Waals surface area contributed by atoms with Crippen LogP contribution in [0.4, 0.5) is 0 Å². The van der Waals surface area contributed by atoms with E-state index in [9.17, 15) is 38.4 Å². The van der Waals surface area contributed by atoms with Gasteiger partial charge in [0.05, 0.1) is 0 Å². The van der Waals surface area contributed by atoms with Gasteiger partial charge in [-0.3, -0.25) is 38.4 Å². The van der Waals surface area contributed by atoms with Crippen LogP contribution >= 0.6 is 0 Å². The molecular formula is C28H40N2O17. The van der Waals surface area contributed by atoms with Crippen LogP contribution in [0.1, 0.15) is 55.4 Å². The first-order valence-corrected chi connectivity index (χ1v) is 14.4. The van der Waals surface area contributed by atoms with Gasteiger partial charge in [0.2, 0.25) is 18.1 Å². The van der Waals surface area contributed by atoms with Crippen LogP contribution in [-0.4, -0.2) is 122 Å². The molecule has 0 aromatic carbocycles. The molecule has 0 unspecified atom stereocenters. The predicted octanol–water partition coefficient (Wildman–Crippen LogP) is -1.68. The minimum absolute atomic E-state index is 0.549. The molecule has 2 aliphatic heterocycles. The summed E-state index contributed by atoms with van der Waals surface area (Å²) in [7, 11) is 0. The van der Waals surface area contributed by atoms with Crippen LogP contribution in [0.15, 0.2) is 0 Å². The number of esters is 6. The highest BCUT2D eigenvalue weighted by Gasteiger charge is 2.56. The Balaban J connectivity index is 2.73. The van der Waals surface area contributed by atoms with E-state index in [4.69, 9.17) is 42.6 Å². The van der Waals surface area contributed by atoms with Gasteiger partial charge in [0, 0.05) is 55.4 Å². The summed E-state index contributed by atoms with van der Waals surface area (Å²) in [5.74, 6) is -6.25. The minimum Gasteiger partial charge on any atom is -0.463 e. The Morgan fingerprint density at radius 2 is 0.830 bits per heavy atom. The van der Waals surface area contributed by atoms with Crippen LogP contribution in [-0.2, 0) is 81.0 Å². The molecule has 2 saturated heterocycles. The topological polar surface area (TPSA) is 244 Å². The maximum absolute atomic E-state index is 12.4. The first kappa shape index (κ1) is 38.8. The summed E-state index contributed by atoms with van der Waals surface area (Å²) in [6.07, 6.45) is -12.1. The molecule has 0 aromatic heterocycles. The lowest BCUT2D eigenvalue weighted by molar-refractivity contribution is -0.330. The van der Waals surface area contributed by atoms with E-state index >= 15 is 0 Å². The zero-order valence-corrected chi connectivity index (χ0v) is 27.1. The molecule has 2 fully saturated rings. The SMILES string of the molecule is CC(=O)N[C@H]1[C@H](O[C@H]2[C@@H](OC(C)=O)[C@@H](NC(C)=O)[C@H](OC(C)=O)O[C@@H]2COC(C)=O)O[C@@H](COC(C)=O)[C@@H](OC(C)=O)[C@H]1OC(C)=O. The number of hydrogen-bond donors (Lipinski definition) is 2. The number of carbonyl (C=O) groups excluding carboxylic acids is 8. The lowest BCUT2D eigenvalue weighted by atomic mass is 9.94. The van der Waals surface area contributed by atoms with Crippen LogP contribution in [0.2, 0.25) is 0 Å². The van der Waals surface area contributed by atoms with Crippen molar-refractivity contribution in [1.29, 1.82) is 0 Å². The Hall–Kier alpha value is -4.36. The highest BCUT2D eigenvalue weighted by Crippen LogP contribution is 2.33. The summed E-state index contributed by atoms with van der Waals surface area (Å²) in [6.45, 7) is 7.56. The average Bonchev–Trinajstić information content (AvgIpc) is 2.91. The Labute approximate surface area is 269 Å². The number of carbonyl (C=O) groups is 8. The van der Waals surface area contributed by atoms with Gasteiger partial charge in [-0.15, -0.1) is 0 Å². The standard InChI is InChI=1S/C28H40N2O17/c1-11(31)29-21-26(43-17(7)37)24(20(10-40-14(4)34)45-27(21)44-18(8)38)47-28-22(30-12(2)32)25(42-16(6)36)23(41-15(5)35)19(46-28)9-39-13(3)33/h19-28H,9-10H2,1-8H3,(H,29,31)(H,30,32)/t19-,20+,21+,22+,23+,24+,25-,26-,27+,28-/m0/s1. The summed E-state index contributed by atoms with van der Waals surface area (Å²) >= 11 is 0. The van der Waals surface area contributed by atoms with Gasteiger partial charge in [0.15, 0.2) is 24.6 Å². The van der Waals surface area contributed by atoms with E-state index in [1.807, 2.05) is 0 Å². The van der Waals surface area contributed by atoms with E-state index in [1.165, 1.54) is 0 Å². The number of hydrogen-bond acceptors (Lipinski definition) is 17. The third-order valence-electron chi connectivity index (χ3n) is 6.41. The molecule has 2 amide bonds. The minimum atomic E-state index is -1.69. The van der Waals surface area contributed by atoms with Gasteiger partial charge in [-0.05, 0) is 0 Å². The van der Waals surface area contributed by atoms with Crippen molar-refractivity contribution in [2.45, 2.75) is 117 Å². The van der Waals surface area contributed by atoms with Crippen LogP contribution in [0.5, 0.6) is 0 Å². The van der Waals surface area contributed by atoms with Crippen molar-refractivity contribution in [3.63, 3.8) is 0 Å². The number of ether oxygens (including phenoxy) is 9. The molecule has 2 aliphatic rings. The molecule has 2 N–H and O–H groups in total. The Morgan fingerprint density at radius 3 is 1.23 bits per heavy atom. The fraction of sp³-hybridized carbons (Fsp3) is 0.714. The number of rotatable bonds is 12. The second-order valence-corrected chi connectivity index (χ2v) is 10.6. The third-order valence-corrected chi connectivity index (χ3v) is 6.41. The Morgan fingerprint density at radius 1 is 0.468 bits per heavy atom. The summed E-state index contributed by atoms with van der Waals surface area (Å²) in [5, 5.41) is 5.02. The molecule has 0 saturated carbocycles. The summed E-state index contributed by atoms with van der Waals surface area (Å²) in [6, 6.07) is -2.86. The lowest BCUT2D eigenvalue weighted by Crippen LogP contribution is -2.70. The van der Waals surface area contributed by atoms with Gasteiger partial charge in [-0.2, -0.15) is 0 Å². The van der Waals surface area contributed by atoms with Gasteiger partial charge in [-0.1, -0.05) is 0 Å². The molecule has 2 heterocycles. The highest BCUT2D eigenvalue weighted by molar-refractivity contribution is 5.74. The van der Waals surface area contributed by atoms with Crippen molar-refractivity contribution in [1.82, 2.24) is 10.6 Å². The van der Waals surface area contributed by atoms with E-state index in [-0.39, 0.29) is 0 Å². The summed E-state index contributed by atoms with van der Waals surface area (Å²) in [5.41, 5.74) is 0. The smallest absolute Gasteiger partial charge is 0.305 e. The highest BCUT2D eigenvalue weighted by atomic mass is 16.8. The maximum Gasteiger partial charge on any atom is 0.305 e. The molecule has 0 aromatic rings. The molecule has 0 aliphatic carbocycles. The van der Waals surface area contributed by atoms with Crippen molar-refractivity contribution < 1.29 is 81.0 Å². The van der Waals surface area contributed by atoms with Crippen LogP contribution in [0, 0.1) is 0 Å². The number of amides is 2. The quantitative estimate of drug-likeness (QED) is 0.173. The summed E-state index contributed by atoms with van der Waals surface area (Å²) < 4.78 is 50.1. The van der Waals surface area contributed by atoms with E-state index in [0.717, 1.165) is 55.4 Å². The molecule has 10 atom stereocenters. The Kier molecular flexibility index (Phi) is 14.5.